The largest absolute Gasteiger partial charge is 0.462 e. The molecule has 0 N–H and O–H groups in total. The van der Waals surface area contributed by atoms with E-state index in [1.807, 2.05) is 6.92 Å². The molecule has 0 aromatic heterocycles. The molecule has 12 bridgehead atoms. The Labute approximate surface area is 602 Å². The van der Waals surface area contributed by atoms with Crippen LogP contribution in [-0.2, 0) is 57.3 Å². The molecular formula is C84H84N4O16. The Morgan fingerprint density at radius 3 is 0.808 bits per heavy atom. The molecule has 24 atom stereocenters. The van der Waals surface area contributed by atoms with Gasteiger partial charge in [-0.2, -0.15) is 0 Å². The van der Waals surface area contributed by atoms with E-state index in [2.05, 4.69) is 48.6 Å². The average molecular weight is 1410 g/mol. The number of carbonyl (C=O) groups excluding carboxylic acids is 12. The Morgan fingerprint density at radius 1 is 0.298 bits per heavy atom. The minimum atomic E-state index is -0.405. The molecule has 4 aromatic rings. The van der Waals surface area contributed by atoms with Crippen molar-refractivity contribution in [2.24, 2.45) is 142 Å². The fourth-order valence-electron chi connectivity index (χ4n) is 23.4. The lowest BCUT2D eigenvalue weighted by Crippen LogP contribution is -2.38. The monoisotopic (exact) mass is 1400 g/mol. The van der Waals surface area contributed by atoms with Crippen LogP contribution in [0.2, 0.25) is 0 Å². The zero-order valence-corrected chi connectivity index (χ0v) is 59.0. The molecule has 8 amide bonds. The molecule has 20 rings (SSSR count). The Balaban J connectivity index is 0.000000103. The van der Waals surface area contributed by atoms with Crippen LogP contribution in [0.1, 0.15) is 119 Å². The smallest absolute Gasteiger partial charge is 0.338 e. The molecule has 20 nitrogen and oxygen atoms in total. The zero-order chi connectivity index (χ0) is 72.3. The summed E-state index contributed by atoms with van der Waals surface area (Å²) >= 11 is 0. The van der Waals surface area contributed by atoms with Gasteiger partial charge < -0.3 is 18.9 Å². The van der Waals surface area contributed by atoms with Crippen LogP contribution < -0.4 is 19.6 Å². The molecule has 0 radical (unpaired) electrons. The second-order valence-electron chi connectivity index (χ2n) is 31.5. The van der Waals surface area contributed by atoms with Gasteiger partial charge >= 0.3 is 23.9 Å². The first-order chi connectivity index (χ1) is 50.2. The molecular weight excluding hydrogens is 1320 g/mol. The first kappa shape index (κ1) is 67.5. The third-order valence-corrected chi connectivity index (χ3v) is 27.0. The maximum atomic E-state index is 13.5. The molecule has 8 saturated carbocycles. The zero-order valence-electron chi connectivity index (χ0n) is 59.0. The maximum absolute atomic E-state index is 13.5. The van der Waals surface area contributed by atoms with E-state index in [0.29, 0.717) is 142 Å². The second-order valence-corrected chi connectivity index (χ2v) is 31.5. The quantitative estimate of drug-likeness (QED) is 0.0420. The molecule has 12 fully saturated rings. The van der Waals surface area contributed by atoms with E-state index in [9.17, 15) is 57.5 Å². The van der Waals surface area contributed by atoms with Crippen LogP contribution in [0.5, 0.6) is 0 Å². The number of benzene rings is 4. The van der Waals surface area contributed by atoms with Crippen molar-refractivity contribution in [1.29, 1.82) is 0 Å². The number of imide groups is 4. The van der Waals surface area contributed by atoms with Gasteiger partial charge in [0.1, 0.15) is 0 Å². The summed E-state index contributed by atoms with van der Waals surface area (Å²) in [5.41, 5.74) is 5.50. The maximum Gasteiger partial charge on any atom is 0.338 e. The number of allylic oxidation sites excluding steroid dienone is 8. The van der Waals surface area contributed by atoms with Crippen LogP contribution in [0, 0.1) is 156 Å². The van der Waals surface area contributed by atoms with Gasteiger partial charge in [0.25, 0.3) is 0 Å². The highest BCUT2D eigenvalue weighted by molar-refractivity contribution is 6.26. The van der Waals surface area contributed by atoms with Crippen molar-refractivity contribution in [2.75, 3.05) is 46.0 Å². The van der Waals surface area contributed by atoms with Gasteiger partial charge in [-0.15, -0.1) is 0 Å². The topological polar surface area (TPSA) is 255 Å². The summed E-state index contributed by atoms with van der Waals surface area (Å²) in [7, 11) is 0. The van der Waals surface area contributed by atoms with Crippen LogP contribution in [-0.4, -0.2) is 97.6 Å². The Morgan fingerprint density at radius 2 is 0.529 bits per heavy atom. The van der Waals surface area contributed by atoms with Gasteiger partial charge in [-0.25, -0.2) is 29.0 Å². The number of carbonyl (C=O) groups is 12. The molecule has 0 spiro atoms. The molecule has 4 heterocycles. The summed E-state index contributed by atoms with van der Waals surface area (Å²) in [5, 5.41) is 0. The van der Waals surface area contributed by atoms with Gasteiger partial charge in [-0.3, -0.25) is 48.2 Å². The number of amides is 8. The number of anilines is 4. The number of aryl methyl sites for hydroxylation is 2. The summed E-state index contributed by atoms with van der Waals surface area (Å²) in [6, 6.07) is 23.2. The van der Waals surface area contributed by atoms with E-state index in [4.69, 9.17) is 18.9 Å². The molecule has 12 aliphatic carbocycles. The van der Waals surface area contributed by atoms with E-state index >= 15 is 0 Å². The summed E-state index contributed by atoms with van der Waals surface area (Å²) in [6.07, 6.45) is 24.1. The second kappa shape index (κ2) is 25.6. The predicted octanol–water partition coefficient (Wildman–Crippen LogP) is 11.1. The van der Waals surface area contributed by atoms with E-state index in [1.54, 1.807) is 120 Å². The highest BCUT2D eigenvalue weighted by Crippen LogP contribution is 2.72. The van der Waals surface area contributed by atoms with Crippen molar-refractivity contribution in [3.63, 3.8) is 0 Å². The van der Waals surface area contributed by atoms with Gasteiger partial charge in [0.2, 0.25) is 47.3 Å². The molecule has 24 unspecified atom stereocenters. The molecule has 20 heteroatoms. The van der Waals surface area contributed by atoms with Gasteiger partial charge in [-0.1, -0.05) is 48.6 Å². The first-order valence-corrected chi connectivity index (χ1v) is 37.6. The molecule has 16 aliphatic rings. The highest BCUT2D eigenvalue weighted by atomic mass is 16.5. The van der Waals surface area contributed by atoms with Crippen molar-refractivity contribution in [3.8, 4) is 0 Å². The predicted molar refractivity (Wildman–Crippen MR) is 377 cm³/mol. The van der Waals surface area contributed by atoms with E-state index < -0.39 is 11.9 Å². The number of nitrogens with zero attached hydrogens (tertiary/aromatic N) is 4. The minimum Gasteiger partial charge on any atom is -0.462 e. The van der Waals surface area contributed by atoms with E-state index in [0.717, 1.165) is 36.8 Å². The van der Waals surface area contributed by atoms with E-state index in [1.165, 1.54) is 32.4 Å². The number of rotatable bonds is 12. The van der Waals surface area contributed by atoms with Crippen molar-refractivity contribution in [2.45, 2.75) is 80.1 Å². The third kappa shape index (κ3) is 10.1. The molecule has 4 aromatic carbocycles. The van der Waals surface area contributed by atoms with Crippen molar-refractivity contribution in [1.82, 2.24) is 0 Å². The lowest BCUT2D eigenvalue weighted by molar-refractivity contribution is -0.124. The van der Waals surface area contributed by atoms with Crippen molar-refractivity contribution in [3.05, 3.63) is 167 Å². The van der Waals surface area contributed by atoms with Crippen LogP contribution in [0.4, 0.5) is 22.7 Å². The average Bonchev–Trinajstić information content (AvgIpc) is 1.52. The SMILES string of the molecule is CCOC(=O)c1ccc(N2C(=O)C3C4C=CC(C4)C3C2=O)c(C)c1.CCOC(=O)c1ccc(N2C(=O)C3C4C=CC(C4)C3C2=O)cc1.CCOC(=O)c1ccc(N2C(=O)C3C4CC(C3C2=O)C2C3C=CC(C3)C42)c(C)c1.CCOC(=O)c1ccc(N2C(=O)C3C4CC(C3C2=O)C2C3C=CC(C3)C42)cc1. The Hall–Kier alpha value is -9.72. The van der Waals surface area contributed by atoms with Gasteiger partial charge in [0.15, 0.2) is 0 Å². The number of esters is 4. The number of ether oxygens (including phenoxy) is 4. The van der Waals surface area contributed by atoms with Crippen LogP contribution in [0.3, 0.4) is 0 Å². The summed E-state index contributed by atoms with van der Waals surface area (Å²) in [4.78, 5) is 157. The lowest BCUT2D eigenvalue weighted by atomic mass is 9.65. The minimum absolute atomic E-state index is 0.0234. The van der Waals surface area contributed by atoms with Crippen molar-refractivity contribution < 1.29 is 76.5 Å². The Bertz CT molecular complexity index is 4390. The number of hydrogen-bond donors (Lipinski definition) is 0. The van der Waals surface area contributed by atoms with Crippen LogP contribution >= 0.6 is 0 Å². The normalized spacial score (nSPS) is 36.4. The van der Waals surface area contributed by atoms with Crippen LogP contribution in [0.25, 0.3) is 0 Å². The molecule has 4 aliphatic heterocycles. The first-order valence-electron chi connectivity index (χ1n) is 37.6. The fraction of sp³-hybridized carbons (Fsp3) is 0.476. The fourth-order valence-corrected chi connectivity index (χ4v) is 23.4. The van der Waals surface area contributed by atoms with Gasteiger partial charge in [0.05, 0.1) is 119 Å². The summed E-state index contributed by atoms with van der Waals surface area (Å²) in [6.45, 7) is 11.9. The summed E-state index contributed by atoms with van der Waals surface area (Å²) in [5.74, 6) is 3.56. The Kier molecular flexibility index (Phi) is 16.6. The van der Waals surface area contributed by atoms with Gasteiger partial charge in [0, 0.05) is 0 Å². The van der Waals surface area contributed by atoms with Crippen LogP contribution in [0.15, 0.2) is 134 Å². The molecule has 4 saturated heterocycles. The lowest BCUT2D eigenvalue weighted by Gasteiger charge is -2.36. The van der Waals surface area contributed by atoms with Crippen molar-refractivity contribution >= 4 is 93.9 Å². The highest BCUT2D eigenvalue weighted by Gasteiger charge is 2.73. The number of hydrogen-bond acceptors (Lipinski definition) is 16. The van der Waals surface area contributed by atoms with E-state index in [-0.39, 0.29) is 130 Å². The van der Waals surface area contributed by atoms with Gasteiger partial charge in [-0.05, 0) is 271 Å². The molecule has 104 heavy (non-hydrogen) atoms. The standard InChI is InChI=1S/C24H25NO4.C23H23NO4.C19H19NO4.C18H17NO4/c1-3-29-24(28)14-6-7-17(11(2)8-14)25-22(26)20-15-10-16(21(20)23(25)27)19-13-5-4-12(9-13)18(15)19;1-2-28-23(27)11-5-7-14(8-6-11)24-21(25)19-15-10-16(20(19)22(24)26)18-13-4-3-12(9-13)17(15)18;1-3-24-19(23)13-6-7-14(10(2)8-13)20-17(21)15-11-4-5-12(9-11)16(15)18(20)22;1-2-23-18(22)10-5-7-13(8-6-10)19-16(20)14-11-3-4-12(9-11)15(14)17(19)21/h4-8,12-13,15-16,18-21H,3,9-10H2,1-2H3;3-8,12-13,15-20H,2,9-10H2,1H3;4-8,11-12,15-16H,3,9H2,1-2H3;3-8,11-12,14-15H,2,9H2,1H3. The number of fused-ring (bicyclic) bond motifs is 34. The molecule has 536 valence electrons. The third-order valence-electron chi connectivity index (χ3n) is 27.0. The summed E-state index contributed by atoms with van der Waals surface area (Å²) < 4.78 is 20.0.